The third kappa shape index (κ3) is 4.39. The highest BCUT2D eigenvalue weighted by molar-refractivity contribution is 7.92. The van der Waals surface area contributed by atoms with Crippen LogP contribution in [-0.4, -0.2) is 35.8 Å². The Hall–Kier alpha value is -2.21. The molecule has 0 bridgehead atoms. The van der Waals surface area contributed by atoms with Crippen molar-refractivity contribution >= 4 is 21.4 Å². The maximum atomic E-state index is 11.8. The standard InChI is InChI=1S/C17H22N2O3S/c1-18(2)15-10-11-16(19(3)23(4,20)21)17(12-15)22-13-14-8-6-5-7-9-14/h5-12H,13H2,1-4H3. The van der Waals surface area contributed by atoms with Crippen molar-refractivity contribution in [2.75, 3.05) is 36.6 Å². The molecule has 0 aromatic heterocycles. The van der Waals surface area contributed by atoms with Crippen molar-refractivity contribution in [3.63, 3.8) is 0 Å². The molecule has 0 unspecified atom stereocenters. The molecular weight excluding hydrogens is 312 g/mol. The molecule has 0 saturated carbocycles. The Kier molecular flexibility index (Phi) is 5.15. The van der Waals surface area contributed by atoms with Crippen molar-refractivity contribution < 1.29 is 13.2 Å². The Labute approximate surface area is 138 Å². The van der Waals surface area contributed by atoms with Crippen LogP contribution in [0.25, 0.3) is 0 Å². The van der Waals surface area contributed by atoms with Gasteiger partial charge in [0.25, 0.3) is 0 Å². The van der Waals surface area contributed by atoms with E-state index >= 15 is 0 Å². The van der Waals surface area contributed by atoms with Gasteiger partial charge in [-0.3, -0.25) is 4.31 Å². The summed E-state index contributed by atoms with van der Waals surface area (Å²) in [6.45, 7) is 0.377. The second-order valence-electron chi connectivity index (χ2n) is 5.55. The molecule has 0 aliphatic heterocycles. The summed E-state index contributed by atoms with van der Waals surface area (Å²) in [6.07, 6.45) is 1.17. The second-order valence-corrected chi connectivity index (χ2v) is 7.56. The number of rotatable bonds is 6. The summed E-state index contributed by atoms with van der Waals surface area (Å²) in [5, 5.41) is 0. The predicted octanol–water partition coefficient (Wildman–Crippen LogP) is 2.73. The Morgan fingerprint density at radius 1 is 1.00 bits per heavy atom. The van der Waals surface area contributed by atoms with E-state index in [0.29, 0.717) is 18.0 Å². The third-order valence-corrected chi connectivity index (χ3v) is 4.73. The van der Waals surface area contributed by atoms with Gasteiger partial charge in [0.2, 0.25) is 10.0 Å². The SMILES string of the molecule is CN(C)c1ccc(N(C)S(C)(=O)=O)c(OCc2ccccc2)c1. The van der Waals surface area contributed by atoms with Gasteiger partial charge in [0.05, 0.1) is 11.9 Å². The smallest absolute Gasteiger partial charge is 0.232 e. The molecule has 2 aromatic rings. The van der Waals surface area contributed by atoms with Gasteiger partial charge in [-0.25, -0.2) is 8.42 Å². The van der Waals surface area contributed by atoms with Crippen molar-refractivity contribution in [2.45, 2.75) is 6.61 Å². The number of nitrogens with zero attached hydrogens (tertiary/aromatic N) is 2. The first-order chi connectivity index (χ1) is 10.8. The van der Waals surface area contributed by atoms with E-state index in [0.717, 1.165) is 11.3 Å². The number of sulfonamides is 1. The zero-order valence-electron chi connectivity index (χ0n) is 13.9. The fourth-order valence-corrected chi connectivity index (χ4v) is 2.58. The molecule has 124 valence electrons. The first-order valence-electron chi connectivity index (χ1n) is 7.21. The molecule has 0 N–H and O–H groups in total. The normalized spacial score (nSPS) is 11.1. The molecule has 0 fully saturated rings. The van der Waals surface area contributed by atoms with Crippen LogP contribution in [0.4, 0.5) is 11.4 Å². The Balaban J connectivity index is 2.35. The molecule has 0 aliphatic carbocycles. The lowest BCUT2D eigenvalue weighted by Gasteiger charge is -2.22. The van der Waals surface area contributed by atoms with Gasteiger partial charge in [0, 0.05) is 32.9 Å². The minimum Gasteiger partial charge on any atom is -0.487 e. The minimum absolute atomic E-state index is 0.377. The number of benzene rings is 2. The van der Waals surface area contributed by atoms with E-state index in [1.165, 1.54) is 17.6 Å². The first-order valence-corrected chi connectivity index (χ1v) is 9.06. The van der Waals surface area contributed by atoms with Gasteiger partial charge in [0.15, 0.2) is 0 Å². The minimum atomic E-state index is -3.35. The molecule has 0 radical (unpaired) electrons. The molecule has 0 atom stereocenters. The molecule has 6 heteroatoms. The van der Waals surface area contributed by atoms with E-state index in [-0.39, 0.29) is 0 Å². The fraction of sp³-hybridized carbons (Fsp3) is 0.294. The van der Waals surface area contributed by atoms with Crippen LogP contribution in [0.3, 0.4) is 0 Å². The van der Waals surface area contributed by atoms with E-state index < -0.39 is 10.0 Å². The average molecular weight is 334 g/mol. The van der Waals surface area contributed by atoms with Crippen molar-refractivity contribution in [3.8, 4) is 5.75 Å². The maximum Gasteiger partial charge on any atom is 0.232 e. The average Bonchev–Trinajstić information content (AvgIpc) is 2.52. The third-order valence-electron chi connectivity index (χ3n) is 3.53. The lowest BCUT2D eigenvalue weighted by molar-refractivity contribution is 0.307. The van der Waals surface area contributed by atoms with Gasteiger partial charge in [-0.1, -0.05) is 30.3 Å². The number of ether oxygens (including phenoxy) is 1. The summed E-state index contributed by atoms with van der Waals surface area (Å²) < 4.78 is 30.8. The highest BCUT2D eigenvalue weighted by Gasteiger charge is 2.17. The van der Waals surface area contributed by atoms with Gasteiger partial charge < -0.3 is 9.64 Å². The molecule has 5 nitrogen and oxygen atoms in total. The van der Waals surface area contributed by atoms with Crippen LogP contribution in [0, 0.1) is 0 Å². The zero-order chi connectivity index (χ0) is 17.0. The molecule has 2 aromatic carbocycles. The van der Waals surface area contributed by atoms with Crippen LogP contribution in [0.5, 0.6) is 5.75 Å². The number of hydrogen-bond donors (Lipinski definition) is 0. The van der Waals surface area contributed by atoms with E-state index in [9.17, 15) is 8.42 Å². The predicted molar refractivity (Wildman–Crippen MR) is 94.8 cm³/mol. The highest BCUT2D eigenvalue weighted by atomic mass is 32.2. The van der Waals surface area contributed by atoms with E-state index in [4.69, 9.17) is 4.74 Å². The number of anilines is 2. The summed E-state index contributed by atoms with van der Waals surface area (Å²) in [5.41, 5.74) is 2.49. The summed E-state index contributed by atoms with van der Waals surface area (Å²) in [5.74, 6) is 0.535. The largest absolute Gasteiger partial charge is 0.487 e. The summed E-state index contributed by atoms with van der Waals surface area (Å²) in [7, 11) is 2.02. The summed E-state index contributed by atoms with van der Waals surface area (Å²) in [4.78, 5) is 1.94. The van der Waals surface area contributed by atoms with Crippen molar-refractivity contribution in [1.82, 2.24) is 0 Å². The van der Waals surface area contributed by atoms with Crippen LogP contribution < -0.4 is 13.9 Å². The summed E-state index contributed by atoms with van der Waals surface area (Å²) in [6, 6.07) is 15.2. The molecule has 0 aliphatic rings. The highest BCUT2D eigenvalue weighted by Crippen LogP contribution is 2.33. The lowest BCUT2D eigenvalue weighted by Crippen LogP contribution is -2.25. The van der Waals surface area contributed by atoms with E-state index in [2.05, 4.69) is 0 Å². The van der Waals surface area contributed by atoms with Crippen molar-refractivity contribution in [3.05, 3.63) is 54.1 Å². The zero-order valence-corrected chi connectivity index (χ0v) is 14.7. The van der Waals surface area contributed by atoms with Crippen LogP contribution in [-0.2, 0) is 16.6 Å². The molecule has 2 rings (SSSR count). The van der Waals surface area contributed by atoms with Gasteiger partial charge in [-0.15, -0.1) is 0 Å². The van der Waals surface area contributed by atoms with Crippen molar-refractivity contribution in [2.24, 2.45) is 0 Å². The lowest BCUT2D eigenvalue weighted by atomic mass is 10.2. The molecule has 0 heterocycles. The Morgan fingerprint density at radius 2 is 1.65 bits per heavy atom. The van der Waals surface area contributed by atoms with Crippen LogP contribution in [0.15, 0.2) is 48.5 Å². The molecule has 0 saturated heterocycles. The molecule has 0 amide bonds. The van der Waals surface area contributed by atoms with Gasteiger partial charge in [-0.2, -0.15) is 0 Å². The fourth-order valence-electron chi connectivity index (χ4n) is 2.07. The van der Waals surface area contributed by atoms with Crippen LogP contribution in [0.1, 0.15) is 5.56 Å². The Morgan fingerprint density at radius 3 is 2.22 bits per heavy atom. The monoisotopic (exact) mass is 334 g/mol. The van der Waals surface area contributed by atoms with Gasteiger partial charge in [-0.05, 0) is 17.7 Å². The molecule has 0 spiro atoms. The quantitative estimate of drug-likeness (QED) is 0.815. The van der Waals surface area contributed by atoms with Crippen LogP contribution >= 0.6 is 0 Å². The Bertz CT molecular complexity index is 759. The van der Waals surface area contributed by atoms with Gasteiger partial charge >= 0.3 is 0 Å². The van der Waals surface area contributed by atoms with E-state index in [1.54, 1.807) is 6.07 Å². The molecular formula is C17H22N2O3S. The molecule has 23 heavy (non-hydrogen) atoms. The van der Waals surface area contributed by atoms with E-state index in [1.807, 2.05) is 61.5 Å². The van der Waals surface area contributed by atoms with Crippen LogP contribution in [0.2, 0.25) is 0 Å². The summed E-state index contributed by atoms with van der Waals surface area (Å²) >= 11 is 0. The first kappa shape index (κ1) is 17.1. The van der Waals surface area contributed by atoms with Gasteiger partial charge in [0.1, 0.15) is 12.4 Å². The maximum absolute atomic E-state index is 11.8. The second kappa shape index (κ2) is 6.91. The number of hydrogen-bond acceptors (Lipinski definition) is 4. The topological polar surface area (TPSA) is 49.9 Å². The van der Waals surface area contributed by atoms with Crippen molar-refractivity contribution in [1.29, 1.82) is 0 Å².